The van der Waals surface area contributed by atoms with Crippen molar-refractivity contribution >= 4 is 29.1 Å². The summed E-state index contributed by atoms with van der Waals surface area (Å²) in [6.07, 6.45) is 1.14. The van der Waals surface area contributed by atoms with Crippen molar-refractivity contribution in [1.82, 2.24) is 18.7 Å². The summed E-state index contributed by atoms with van der Waals surface area (Å²) in [4.78, 5) is 62.6. The molecule has 23 heavy (non-hydrogen) atoms. The van der Waals surface area contributed by atoms with E-state index in [4.69, 9.17) is 15.3 Å². The molecule has 0 aliphatic rings. The Morgan fingerprint density at radius 1 is 1.04 bits per heavy atom. The number of fused-ring (bicyclic) bond motifs is 1. The zero-order valence-corrected chi connectivity index (χ0v) is 11.7. The number of carboxylic acids is 3. The molecule has 0 aliphatic heterocycles. The van der Waals surface area contributed by atoms with Crippen LogP contribution in [0.15, 0.2) is 15.9 Å². The molecule has 2 rings (SSSR count). The summed E-state index contributed by atoms with van der Waals surface area (Å²) in [5, 5.41) is 27.5. The van der Waals surface area contributed by atoms with Crippen molar-refractivity contribution in [3.8, 4) is 0 Å². The highest BCUT2D eigenvalue weighted by Gasteiger charge is 2.59. The fourth-order valence-electron chi connectivity index (χ4n) is 2.20. The third-order valence-corrected chi connectivity index (χ3v) is 3.38. The molecule has 0 bridgehead atoms. The van der Waals surface area contributed by atoms with Gasteiger partial charge in [-0.25, -0.2) is 28.7 Å². The maximum absolute atomic E-state index is 12.4. The SMILES string of the molecule is Cn1cnc2c1c(=O)n(C(C(=O)O)(C(=O)O)C(=O)O)c(=O)n2C. The molecular weight excluding hydrogens is 316 g/mol. The van der Waals surface area contributed by atoms with Crippen LogP contribution in [-0.4, -0.2) is 51.9 Å². The molecule has 0 unspecified atom stereocenters. The van der Waals surface area contributed by atoms with E-state index in [0.717, 1.165) is 17.9 Å². The summed E-state index contributed by atoms with van der Waals surface area (Å²) in [6, 6.07) is 0. The first kappa shape index (κ1) is 15.9. The van der Waals surface area contributed by atoms with Crippen LogP contribution in [0.25, 0.3) is 11.2 Å². The van der Waals surface area contributed by atoms with E-state index in [1.165, 1.54) is 7.05 Å². The molecule has 2 heterocycles. The molecule has 12 heteroatoms. The number of hydrogen-bond acceptors (Lipinski definition) is 6. The lowest BCUT2D eigenvalue weighted by Crippen LogP contribution is -2.63. The van der Waals surface area contributed by atoms with Crippen LogP contribution in [0.3, 0.4) is 0 Å². The highest BCUT2D eigenvalue weighted by atomic mass is 16.4. The number of nitrogens with zero attached hydrogens (tertiary/aromatic N) is 4. The molecule has 12 nitrogen and oxygen atoms in total. The lowest BCUT2D eigenvalue weighted by atomic mass is 10.00. The first-order chi connectivity index (χ1) is 10.6. The molecule has 2 aromatic rings. The summed E-state index contributed by atoms with van der Waals surface area (Å²) in [5.74, 6) is -7.17. The van der Waals surface area contributed by atoms with E-state index in [1.807, 2.05) is 0 Å². The van der Waals surface area contributed by atoms with Crippen molar-refractivity contribution in [2.24, 2.45) is 14.1 Å². The van der Waals surface area contributed by atoms with E-state index >= 15 is 0 Å². The molecule has 3 N–H and O–H groups in total. The standard InChI is InChI=1S/C11H10N4O8/c1-13-3-12-5-4(13)6(16)15(10(23)14(5)2)11(7(17)18,8(19)20)9(21)22/h3H,1-2H3,(H,17,18)(H,19,20)(H,21,22). The Kier molecular flexibility index (Phi) is 3.32. The fourth-order valence-corrected chi connectivity index (χ4v) is 2.20. The minimum Gasteiger partial charge on any atom is -0.479 e. The van der Waals surface area contributed by atoms with Crippen molar-refractivity contribution in [2.75, 3.05) is 0 Å². The normalized spacial score (nSPS) is 11.6. The molecule has 0 saturated heterocycles. The van der Waals surface area contributed by atoms with Crippen LogP contribution in [0.5, 0.6) is 0 Å². The van der Waals surface area contributed by atoms with Gasteiger partial charge in [-0.1, -0.05) is 0 Å². The van der Waals surface area contributed by atoms with Crippen molar-refractivity contribution in [1.29, 1.82) is 0 Å². The van der Waals surface area contributed by atoms with Crippen LogP contribution in [0.4, 0.5) is 0 Å². The predicted molar refractivity (Wildman–Crippen MR) is 71.1 cm³/mol. The van der Waals surface area contributed by atoms with Gasteiger partial charge in [0.25, 0.3) is 5.56 Å². The van der Waals surface area contributed by atoms with Gasteiger partial charge < -0.3 is 19.9 Å². The number of aryl methyl sites for hydroxylation is 2. The number of imidazole rings is 1. The van der Waals surface area contributed by atoms with Crippen LogP contribution in [0.1, 0.15) is 0 Å². The number of aromatic nitrogens is 4. The van der Waals surface area contributed by atoms with Crippen molar-refractivity contribution in [3.05, 3.63) is 27.2 Å². The predicted octanol–water partition coefficient (Wildman–Crippen LogP) is -2.62. The number of aliphatic carboxylic acids is 3. The molecule has 0 saturated carbocycles. The van der Waals surface area contributed by atoms with Crippen LogP contribution in [0.2, 0.25) is 0 Å². The summed E-state index contributed by atoms with van der Waals surface area (Å²) in [5.41, 5.74) is -7.09. The third kappa shape index (κ3) is 1.77. The summed E-state index contributed by atoms with van der Waals surface area (Å²) < 4.78 is 1.49. The van der Waals surface area contributed by atoms with Gasteiger partial charge in [0.2, 0.25) is 0 Å². The molecule has 122 valence electrons. The van der Waals surface area contributed by atoms with Crippen molar-refractivity contribution in [3.63, 3.8) is 0 Å². The Bertz CT molecular complexity index is 942. The maximum atomic E-state index is 12.4. The summed E-state index contributed by atoms with van der Waals surface area (Å²) in [7, 11) is 2.44. The molecule has 0 fully saturated rings. The zero-order valence-electron chi connectivity index (χ0n) is 11.7. The van der Waals surface area contributed by atoms with Gasteiger partial charge in [0.1, 0.15) is 0 Å². The van der Waals surface area contributed by atoms with E-state index in [0.29, 0.717) is 4.57 Å². The van der Waals surface area contributed by atoms with Gasteiger partial charge in [0.05, 0.1) is 6.33 Å². The van der Waals surface area contributed by atoms with Gasteiger partial charge in [0, 0.05) is 14.1 Å². The quantitative estimate of drug-likeness (QED) is 0.508. The summed E-state index contributed by atoms with van der Waals surface area (Å²) in [6.45, 7) is 0. The van der Waals surface area contributed by atoms with Crippen LogP contribution >= 0.6 is 0 Å². The molecule has 0 radical (unpaired) electrons. The van der Waals surface area contributed by atoms with Crippen molar-refractivity contribution < 1.29 is 29.7 Å². The molecule has 0 spiro atoms. The van der Waals surface area contributed by atoms with E-state index in [1.54, 1.807) is 0 Å². The highest BCUT2D eigenvalue weighted by Crippen LogP contribution is 2.16. The summed E-state index contributed by atoms with van der Waals surface area (Å²) >= 11 is 0. The molecule has 2 aromatic heterocycles. The van der Waals surface area contributed by atoms with E-state index in [9.17, 15) is 24.0 Å². The molecule has 0 aromatic carbocycles. The first-order valence-corrected chi connectivity index (χ1v) is 5.92. The smallest absolute Gasteiger partial charge is 0.354 e. The topological polar surface area (TPSA) is 174 Å². The number of hydrogen-bond donors (Lipinski definition) is 3. The highest BCUT2D eigenvalue weighted by molar-refractivity contribution is 6.18. The second kappa shape index (κ2) is 4.79. The van der Waals surface area contributed by atoms with Crippen LogP contribution in [-0.2, 0) is 34.0 Å². The minimum absolute atomic E-state index is 0.145. The van der Waals surface area contributed by atoms with Gasteiger partial charge in [-0.3, -0.25) is 9.36 Å². The van der Waals surface area contributed by atoms with E-state index < -0.39 is 34.7 Å². The van der Waals surface area contributed by atoms with Gasteiger partial charge >= 0.3 is 29.1 Å². The second-order valence-corrected chi connectivity index (χ2v) is 4.64. The fraction of sp³-hybridized carbons (Fsp3) is 0.273. The van der Waals surface area contributed by atoms with Gasteiger partial charge in [-0.2, -0.15) is 0 Å². The Labute approximate surface area is 125 Å². The van der Waals surface area contributed by atoms with Gasteiger partial charge in [-0.15, -0.1) is 0 Å². The molecule has 0 aliphatic carbocycles. The largest absolute Gasteiger partial charge is 0.479 e. The molecule has 0 amide bonds. The monoisotopic (exact) mass is 326 g/mol. The first-order valence-electron chi connectivity index (χ1n) is 5.92. The maximum Gasteiger partial charge on any atom is 0.354 e. The van der Waals surface area contributed by atoms with Gasteiger partial charge in [0.15, 0.2) is 11.2 Å². The Morgan fingerprint density at radius 2 is 1.52 bits per heavy atom. The van der Waals surface area contributed by atoms with Crippen LogP contribution in [0, 0.1) is 0 Å². The average molecular weight is 326 g/mol. The number of rotatable bonds is 4. The lowest BCUT2D eigenvalue weighted by Gasteiger charge is -2.22. The third-order valence-electron chi connectivity index (χ3n) is 3.38. The second-order valence-electron chi connectivity index (χ2n) is 4.64. The number of carbonyl (C=O) groups is 3. The Morgan fingerprint density at radius 3 is 1.96 bits per heavy atom. The minimum atomic E-state index is -3.80. The molecular formula is C11H10N4O8. The molecule has 0 atom stereocenters. The number of carboxylic acid groups (broad SMARTS) is 3. The zero-order chi connectivity index (χ0) is 17.7. The van der Waals surface area contributed by atoms with E-state index in [2.05, 4.69) is 4.98 Å². The van der Waals surface area contributed by atoms with Gasteiger partial charge in [-0.05, 0) is 0 Å². The lowest BCUT2D eigenvalue weighted by molar-refractivity contribution is -0.174. The van der Waals surface area contributed by atoms with Crippen molar-refractivity contribution in [2.45, 2.75) is 5.54 Å². The average Bonchev–Trinajstić information content (AvgIpc) is 2.81. The van der Waals surface area contributed by atoms with E-state index in [-0.39, 0.29) is 15.7 Å². The Balaban J connectivity index is 3.20. The Hall–Kier alpha value is -3.44. The van der Waals surface area contributed by atoms with Crippen LogP contribution < -0.4 is 11.2 Å².